The van der Waals surface area contributed by atoms with Crippen molar-refractivity contribution >= 4 is 62.1 Å². The number of ether oxygens (including phenoxy) is 4. The molecule has 2 N–H and O–H groups in total. The van der Waals surface area contributed by atoms with Crippen LogP contribution < -0.4 is 19.3 Å². The van der Waals surface area contributed by atoms with Crippen molar-refractivity contribution in [2.75, 3.05) is 109 Å². The van der Waals surface area contributed by atoms with Gasteiger partial charge in [-0.15, -0.1) is 12.8 Å². The molecule has 8 aromatic rings. The fourth-order valence-electron chi connectivity index (χ4n) is 14.8. The van der Waals surface area contributed by atoms with Crippen molar-refractivity contribution in [3.8, 4) is 70.7 Å². The van der Waals surface area contributed by atoms with E-state index in [0.29, 0.717) is 111 Å². The minimum absolute atomic E-state index is 0.0445. The van der Waals surface area contributed by atoms with Gasteiger partial charge in [0.25, 0.3) is 0 Å². The molecule has 4 aromatic heterocycles. The Labute approximate surface area is 521 Å². The summed E-state index contributed by atoms with van der Waals surface area (Å²) in [5.74, 6) is 2.27. The van der Waals surface area contributed by atoms with Crippen molar-refractivity contribution in [3.05, 3.63) is 95.3 Å². The molecule has 0 spiro atoms. The summed E-state index contributed by atoms with van der Waals surface area (Å²) in [6.07, 6.45) is 17.9. The molecule has 6 aliphatic rings. The molecular weight excluding hydrogens is 1200 g/mol. The molecule has 0 amide bonds. The Bertz CT molecular complexity index is 4330. The zero-order valence-electron chi connectivity index (χ0n) is 50.5. The number of hydrogen-bond acceptors (Lipinski definition) is 17. The topological polar surface area (TPSA) is 185 Å². The van der Waals surface area contributed by atoms with Gasteiger partial charge in [0.2, 0.25) is 0 Å². The third-order valence-corrected chi connectivity index (χ3v) is 21.4. The molecule has 24 heteroatoms. The Morgan fingerprint density at radius 1 is 0.692 bits per heavy atom. The Balaban J connectivity index is 0.000000167. The molecule has 4 aromatic carbocycles. The summed E-state index contributed by atoms with van der Waals surface area (Å²) in [6.45, 7) is 8.92. The number of pyridine rings is 2. The monoisotopic (exact) mass is 1270 g/mol. The number of aromatic hydroxyl groups is 2. The number of phenols is 2. The van der Waals surface area contributed by atoms with Gasteiger partial charge < -0.3 is 43.5 Å². The van der Waals surface area contributed by atoms with Crippen LogP contribution in [0.15, 0.2) is 60.9 Å². The van der Waals surface area contributed by atoms with Crippen molar-refractivity contribution in [2.45, 2.75) is 86.5 Å². The number of terminal acetylenes is 2. The maximum Gasteiger partial charge on any atom is 0.319 e. The minimum atomic E-state index is -2.29. The Morgan fingerprint density at radius 3 is 1.67 bits per heavy atom. The van der Waals surface area contributed by atoms with Crippen LogP contribution in [0.5, 0.6) is 23.5 Å². The second kappa shape index (κ2) is 24.5. The lowest BCUT2D eigenvalue weighted by Crippen LogP contribution is -2.48. The van der Waals surface area contributed by atoms with Gasteiger partial charge in [-0.25, -0.2) is 26.3 Å². The number of benzene rings is 4. The van der Waals surface area contributed by atoms with Gasteiger partial charge in [0, 0.05) is 92.6 Å². The number of halogens is 6. The average Bonchev–Trinajstić information content (AvgIpc) is 1.60. The van der Waals surface area contributed by atoms with E-state index in [2.05, 4.69) is 41.6 Å². The minimum Gasteiger partial charge on any atom is -0.508 e. The lowest BCUT2D eigenvalue weighted by Gasteiger charge is -2.36. The number of piperidine rings is 1. The van der Waals surface area contributed by atoms with Crippen LogP contribution in [0.3, 0.4) is 0 Å². The van der Waals surface area contributed by atoms with Crippen molar-refractivity contribution in [1.82, 2.24) is 39.7 Å². The predicted molar refractivity (Wildman–Crippen MR) is 335 cm³/mol. The summed E-state index contributed by atoms with van der Waals surface area (Å²) >= 11 is 0. The van der Waals surface area contributed by atoms with Gasteiger partial charge in [0.1, 0.15) is 82.7 Å². The van der Waals surface area contributed by atoms with Crippen LogP contribution in [0.2, 0.25) is 0 Å². The van der Waals surface area contributed by atoms with E-state index in [4.69, 9.17) is 41.8 Å². The number of nitrogens with zero attached hydrogens (tertiary/aromatic N) is 10. The number of fused-ring (bicyclic) bond motifs is 6. The number of aromatic nitrogens is 6. The smallest absolute Gasteiger partial charge is 0.319 e. The zero-order valence-corrected chi connectivity index (χ0v) is 51.4. The van der Waals surface area contributed by atoms with Crippen molar-refractivity contribution in [3.63, 3.8) is 0 Å². The van der Waals surface area contributed by atoms with Gasteiger partial charge in [-0.1, -0.05) is 24.0 Å². The fraction of sp³-hybridized carbons (Fsp3) is 0.433. The van der Waals surface area contributed by atoms with Crippen LogP contribution in [0.4, 0.5) is 38.0 Å². The van der Waals surface area contributed by atoms with Gasteiger partial charge in [0.05, 0.1) is 66.0 Å². The van der Waals surface area contributed by atoms with Crippen LogP contribution in [0.25, 0.3) is 65.9 Å². The van der Waals surface area contributed by atoms with Crippen molar-refractivity contribution < 1.29 is 60.1 Å². The number of alkyl halides is 2. The average molecular weight is 1270 g/mol. The largest absolute Gasteiger partial charge is 0.508 e. The molecule has 6 fully saturated rings. The van der Waals surface area contributed by atoms with Crippen LogP contribution in [-0.4, -0.2) is 184 Å². The molecule has 6 saturated heterocycles. The summed E-state index contributed by atoms with van der Waals surface area (Å²) in [6, 6.07) is 10.5. The molecule has 14 rings (SSSR count). The van der Waals surface area contributed by atoms with Crippen LogP contribution >= 0.6 is 7.14 Å². The van der Waals surface area contributed by atoms with Gasteiger partial charge in [-0.3, -0.25) is 19.8 Å². The first-order valence-corrected chi connectivity index (χ1v) is 33.2. The first-order chi connectivity index (χ1) is 43.8. The second-order valence-corrected chi connectivity index (χ2v) is 28.7. The summed E-state index contributed by atoms with van der Waals surface area (Å²) in [4.78, 5) is 35.6. The molecule has 474 valence electrons. The third-order valence-electron chi connectivity index (χ3n) is 19.2. The highest BCUT2D eigenvalue weighted by molar-refractivity contribution is 7.63. The highest BCUT2D eigenvalue weighted by atomic mass is 31.2. The molecule has 0 saturated carbocycles. The highest BCUT2D eigenvalue weighted by Crippen LogP contribution is 2.49. The lowest BCUT2D eigenvalue weighted by atomic mass is 9.95. The highest BCUT2D eigenvalue weighted by Gasteiger charge is 2.51. The molecule has 5 unspecified atom stereocenters. The van der Waals surface area contributed by atoms with E-state index in [0.717, 1.165) is 38.8 Å². The molecule has 0 bridgehead atoms. The quantitative estimate of drug-likeness (QED) is 0.0630. The van der Waals surface area contributed by atoms with Crippen LogP contribution in [-0.2, 0) is 14.0 Å². The third kappa shape index (κ3) is 11.4. The van der Waals surface area contributed by atoms with E-state index >= 15 is 8.78 Å². The number of rotatable bonds is 13. The van der Waals surface area contributed by atoms with E-state index in [9.17, 15) is 32.3 Å². The van der Waals surface area contributed by atoms with Crippen molar-refractivity contribution in [2.24, 2.45) is 0 Å². The number of morpholine rings is 1. The van der Waals surface area contributed by atoms with Crippen LogP contribution in [0.1, 0.15) is 62.5 Å². The lowest BCUT2D eigenvalue weighted by molar-refractivity contribution is 0.0597. The van der Waals surface area contributed by atoms with Gasteiger partial charge in [0.15, 0.2) is 11.6 Å². The second-order valence-electron chi connectivity index (χ2n) is 25.1. The number of hydrogen-bond donors (Lipinski definition) is 2. The molecule has 6 aliphatic heterocycles. The zero-order chi connectivity index (χ0) is 63.7. The molecule has 91 heavy (non-hydrogen) atoms. The van der Waals surface area contributed by atoms with Gasteiger partial charge in [-0.2, -0.15) is 19.9 Å². The molecule has 0 aliphatic carbocycles. The Hall–Kier alpha value is -8.05. The molecule has 17 nitrogen and oxygen atoms in total. The SMILES string of the molecule is C#Cc1c(F)ccc2cc(O)cc(-c3ncc4c(N5CCC(P(C)(C)=O)CC5)nc(OCC56CCCN5CC(F)C6)nc4c3F)c12.C#Cc1c(F)ccc2cc(O)cc(-c3ncc4c(N5CCOCC5COC)nc(OCC56CCCN5CC(F)C6)nc4c3F)c12. The summed E-state index contributed by atoms with van der Waals surface area (Å²) < 4.78 is 128. The maximum atomic E-state index is 16.8. The first-order valence-electron chi connectivity index (χ1n) is 30.5. The summed E-state index contributed by atoms with van der Waals surface area (Å²) in [5.41, 5.74) is -1.23. The Morgan fingerprint density at radius 2 is 1.19 bits per heavy atom. The van der Waals surface area contributed by atoms with E-state index in [1.54, 1.807) is 20.4 Å². The predicted octanol–water partition coefficient (Wildman–Crippen LogP) is 11.0. The van der Waals surface area contributed by atoms with Gasteiger partial charge in [-0.05, 0) is 112 Å². The van der Waals surface area contributed by atoms with E-state index in [1.807, 2.05) is 9.80 Å². The molecule has 10 heterocycles. The van der Waals surface area contributed by atoms with Crippen LogP contribution in [0, 0.1) is 48.0 Å². The number of phenolic OH excluding ortho intramolecular Hbond substituents is 2. The maximum absolute atomic E-state index is 16.8. The molecule has 0 radical (unpaired) electrons. The number of methoxy groups -OCH3 is 1. The Kier molecular flexibility index (Phi) is 16.7. The normalized spacial score (nSPS) is 23.0. The van der Waals surface area contributed by atoms with Gasteiger partial charge >= 0.3 is 12.0 Å². The van der Waals surface area contributed by atoms with E-state index < -0.39 is 53.8 Å². The summed E-state index contributed by atoms with van der Waals surface area (Å²) in [5, 5.41) is 23.0. The van der Waals surface area contributed by atoms with E-state index in [-0.39, 0.29) is 104 Å². The summed E-state index contributed by atoms with van der Waals surface area (Å²) in [7, 11) is -0.703. The first kappa shape index (κ1) is 61.8. The standard InChI is InChI=1S/C34H35F3N5O3P.C33H32F3N5O4/c1-4-24-27(36)7-6-20-14-22(43)15-25(28(20)24)30-29(37)31-26(17-38-30)32(41-12-8-23(9-13-41)46(2,3)44)40-33(39-31)45-19-34-10-5-11-42(34)18-21(35)16-34;1-3-23-26(35)6-5-19-11-22(42)12-24(27(19)23)29-28(36)30-25(14-37-29)31(41-9-10-44-17-21(41)16-43-2)39-32(38-30)45-18-33-7-4-8-40(33)15-20(34)13-33/h1,6-7,14-15,17,21,23,43H,5,8-13,16,18-19H2,2-3H3;1,5-6,11-12,14,20-21,42H,4,7-10,13,15-18H2,2H3. The number of anilines is 2. The molecule has 5 atom stereocenters. The molecular formula is C67H67F6N10O7P. The fourth-order valence-corrected chi connectivity index (χ4v) is 16.2. The van der Waals surface area contributed by atoms with E-state index in [1.165, 1.54) is 60.9 Å². The van der Waals surface area contributed by atoms with Crippen molar-refractivity contribution in [1.29, 1.82) is 0 Å².